The van der Waals surface area contributed by atoms with E-state index in [4.69, 9.17) is 0 Å². The van der Waals surface area contributed by atoms with Gasteiger partial charge in [0.15, 0.2) is 0 Å². The van der Waals surface area contributed by atoms with Crippen LogP contribution in [0.1, 0.15) is 18.5 Å². The molecule has 0 fully saturated rings. The van der Waals surface area contributed by atoms with E-state index in [0.29, 0.717) is 0 Å². The molecule has 0 aliphatic rings. The lowest BCUT2D eigenvalue weighted by Gasteiger charge is -2.24. The third kappa shape index (κ3) is 3.66. The molecule has 22 heavy (non-hydrogen) atoms. The highest BCUT2D eigenvalue weighted by atomic mass is 19.1. The minimum Gasteiger partial charge on any atom is -0.331 e. The molecule has 0 spiro atoms. The lowest BCUT2D eigenvalue weighted by molar-refractivity contribution is -0.143. The monoisotopic (exact) mass is 301 g/mol. The molecule has 0 saturated heterocycles. The Morgan fingerprint density at radius 1 is 1.23 bits per heavy atom. The molecular weight excluding hydrogens is 285 g/mol. The van der Waals surface area contributed by atoms with E-state index in [1.807, 2.05) is 6.92 Å². The molecule has 0 aliphatic carbocycles. The molecule has 1 aromatic carbocycles. The normalized spacial score (nSPS) is 11.6. The van der Waals surface area contributed by atoms with Gasteiger partial charge in [0.2, 0.25) is 0 Å². The van der Waals surface area contributed by atoms with Gasteiger partial charge in [-0.15, -0.1) is 0 Å². The van der Waals surface area contributed by atoms with Crippen LogP contribution in [0.25, 0.3) is 0 Å². The number of nitrogens with zero attached hydrogens (tertiary/aromatic N) is 2. The number of carbonyl (C=O) groups excluding carboxylic acids is 2. The standard InChI is InChI=1S/C16H16FN3O2/c1-11(12-6-8-18-9-7-12)20(2)16(22)15(21)19-14-5-3-4-13(17)10-14/h3-11H,1-2H3,(H,19,21)/t11-/m1/s1. The summed E-state index contributed by atoms with van der Waals surface area (Å²) in [7, 11) is 1.54. The first-order chi connectivity index (χ1) is 10.5. The highest BCUT2D eigenvalue weighted by molar-refractivity contribution is 6.39. The molecule has 0 aliphatic heterocycles. The molecule has 114 valence electrons. The second-order valence-corrected chi connectivity index (χ2v) is 4.84. The SMILES string of the molecule is C[C@H](c1ccncc1)N(C)C(=O)C(=O)Nc1cccc(F)c1. The van der Waals surface area contributed by atoms with E-state index in [-0.39, 0.29) is 11.7 Å². The number of amides is 2. The van der Waals surface area contributed by atoms with Gasteiger partial charge in [0.25, 0.3) is 0 Å². The van der Waals surface area contributed by atoms with Gasteiger partial charge in [-0.3, -0.25) is 14.6 Å². The minimum atomic E-state index is -0.811. The largest absolute Gasteiger partial charge is 0.331 e. The molecule has 0 radical (unpaired) electrons. The van der Waals surface area contributed by atoms with Gasteiger partial charge in [0, 0.05) is 25.1 Å². The highest BCUT2D eigenvalue weighted by Crippen LogP contribution is 2.18. The minimum absolute atomic E-state index is 0.239. The Hall–Kier alpha value is -2.76. The lowest BCUT2D eigenvalue weighted by Crippen LogP contribution is -2.38. The van der Waals surface area contributed by atoms with Crippen molar-refractivity contribution in [3.63, 3.8) is 0 Å². The summed E-state index contributed by atoms with van der Waals surface area (Å²) in [5.74, 6) is -1.99. The van der Waals surface area contributed by atoms with Crippen molar-refractivity contribution in [1.82, 2.24) is 9.88 Å². The first kappa shape index (κ1) is 15.6. The summed E-state index contributed by atoms with van der Waals surface area (Å²) in [5, 5.41) is 2.39. The predicted molar refractivity (Wildman–Crippen MR) is 80.5 cm³/mol. The first-order valence-electron chi connectivity index (χ1n) is 6.72. The summed E-state index contributed by atoms with van der Waals surface area (Å²) >= 11 is 0. The van der Waals surface area contributed by atoms with Gasteiger partial charge in [0.1, 0.15) is 5.82 Å². The van der Waals surface area contributed by atoms with Gasteiger partial charge < -0.3 is 10.2 Å². The van der Waals surface area contributed by atoms with Gasteiger partial charge in [-0.1, -0.05) is 6.07 Å². The lowest BCUT2D eigenvalue weighted by atomic mass is 10.1. The van der Waals surface area contributed by atoms with Crippen molar-refractivity contribution in [2.24, 2.45) is 0 Å². The molecule has 2 aromatic rings. The topological polar surface area (TPSA) is 62.3 Å². The van der Waals surface area contributed by atoms with Gasteiger partial charge in [-0.2, -0.15) is 0 Å². The molecule has 0 unspecified atom stereocenters. The average Bonchev–Trinajstić information content (AvgIpc) is 2.53. The van der Waals surface area contributed by atoms with E-state index in [1.54, 1.807) is 31.6 Å². The summed E-state index contributed by atoms with van der Waals surface area (Å²) in [6.07, 6.45) is 3.24. The number of pyridine rings is 1. The number of nitrogens with one attached hydrogen (secondary N) is 1. The van der Waals surface area contributed by atoms with Crippen LogP contribution in [0.2, 0.25) is 0 Å². The number of likely N-dealkylation sites (N-methyl/N-ethyl adjacent to an activating group) is 1. The zero-order chi connectivity index (χ0) is 16.1. The molecule has 2 rings (SSSR count). The Kier molecular flexibility index (Phi) is 4.83. The van der Waals surface area contributed by atoms with Gasteiger partial charge in [-0.05, 0) is 42.8 Å². The number of rotatable bonds is 3. The molecule has 1 heterocycles. The molecule has 1 N–H and O–H groups in total. The van der Waals surface area contributed by atoms with Gasteiger partial charge >= 0.3 is 11.8 Å². The van der Waals surface area contributed by atoms with Crippen LogP contribution < -0.4 is 5.32 Å². The fourth-order valence-electron chi connectivity index (χ4n) is 1.95. The maximum atomic E-state index is 13.1. The fourth-order valence-corrected chi connectivity index (χ4v) is 1.95. The second-order valence-electron chi connectivity index (χ2n) is 4.84. The van der Waals surface area contributed by atoms with E-state index in [9.17, 15) is 14.0 Å². The van der Waals surface area contributed by atoms with Crippen LogP contribution in [-0.2, 0) is 9.59 Å². The summed E-state index contributed by atoms with van der Waals surface area (Å²) in [4.78, 5) is 29.4. The highest BCUT2D eigenvalue weighted by Gasteiger charge is 2.23. The van der Waals surface area contributed by atoms with Crippen molar-refractivity contribution < 1.29 is 14.0 Å². The van der Waals surface area contributed by atoms with E-state index in [2.05, 4.69) is 10.3 Å². The Balaban J connectivity index is 2.05. The van der Waals surface area contributed by atoms with E-state index in [0.717, 1.165) is 11.6 Å². The number of aromatic nitrogens is 1. The van der Waals surface area contributed by atoms with Crippen molar-refractivity contribution >= 4 is 17.5 Å². The molecule has 1 aromatic heterocycles. The number of hydrogen-bond donors (Lipinski definition) is 1. The van der Waals surface area contributed by atoms with Crippen LogP contribution in [0.5, 0.6) is 0 Å². The molecule has 5 nitrogen and oxygen atoms in total. The quantitative estimate of drug-likeness (QED) is 0.885. The van der Waals surface area contributed by atoms with Gasteiger partial charge in [-0.25, -0.2) is 4.39 Å². The van der Waals surface area contributed by atoms with Crippen LogP contribution in [0.3, 0.4) is 0 Å². The average molecular weight is 301 g/mol. The zero-order valence-corrected chi connectivity index (χ0v) is 12.3. The first-order valence-corrected chi connectivity index (χ1v) is 6.72. The van der Waals surface area contributed by atoms with Crippen molar-refractivity contribution in [2.45, 2.75) is 13.0 Å². The smallest absolute Gasteiger partial charge is 0.313 e. The van der Waals surface area contributed by atoms with E-state index in [1.165, 1.54) is 23.1 Å². The van der Waals surface area contributed by atoms with Crippen molar-refractivity contribution in [2.75, 3.05) is 12.4 Å². The van der Waals surface area contributed by atoms with E-state index < -0.39 is 17.6 Å². The third-order valence-electron chi connectivity index (χ3n) is 3.37. The van der Waals surface area contributed by atoms with Crippen LogP contribution >= 0.6 is 0 Å². The summed E-state index contributed by atoms with van der Waals surface area (Å²) < 4.78 is 13.1. The number of carbonyl (C=O) groups is 2. The second kappa shape index (κ2) is 6.80. The Bertz CT molecular complexity index is 676. The van der Waals surface area contributed by atoms with Crippen LogP contribution in [0.4, 0.5) is 10.1 Å². The number of halogens is 1. The molecule has 1 atom stereocenters. The van der Waals surface area contributed by atoms with Crippen LogP contribution in [0.15, 0.2) is 48.8 Å². The molecule has 0 saturated carbocycles. The molecule has 0 bridgehead atoms. The zero-order valence-electron chi connectivity index (χ0n) is 12.3. The van der Waals surface area contributed by atoms with Gasteiger partial charge in [0.05, 0.1) is 6.04 Å². The Morgan fingerprint density at radius 2 is 1.91 bits per heavy atom. The summed E-state index contributed by atoms with van der Waals surface area (Å²) in [6, 6.07) is 8.65. The third-order valence-corrected chi connectivity index (χ3v) is 3.37. The van der Waals surface area contributed by atoms with Crippen LogP contribution in [0, 0.1) is 5.82 Å². The Morgan fingerprint density at radius 3 is 2.55 bits per heavy atom. The van der Waals surface area contributed by atoms with Crippen molar-refractivity contribution in [3.8, 4) is 0 Å². The maximum absolute atomic E-state index is 13.1. The van der Waals surface area contributed by atoms with Crippen molar-refractivity contribution in [3.05, 3.63) is 60.2 Å². The predicted octanol–water partition coefficient (Wildman–Crippen LogP) is 2.38. The molecule has 2 amide bonds. The Labute approximate surface area is 127 Å². The number of hydrogen-bond acceptors (Lipinski definition) is 3. The van der Waals surface area contributed by atoms with Crippen molar-refractivity contribution in [1.29, 1.82) is 0 Å². The fraction of sp³-hybridized carbons (Fsp3) is 0.188. The summed E-state index contributed by atoms with van der Waals surface area (Å²) in [5.41, 5.74) is 1.10. The number of benzene rings is 1. The van der Waals surface area contributed by atoms with Crippen LogP contribution in [-0.4, -0.2) is 28.7 Å². The maximum Gasteiger partial charge on any atom is 0.313 e. The molecular formula is C16H16FN3O2. The summed E-state index contributed by atoms with van der Waals surface area (Å²) in [6.45, 7) is 1.81. The van der Waals surface area contributed by atoms with E-state index >= 15 is 0 Å². The number of anilines is 1. The molecule has 6 heteroatoms.